The van der Waals surface area contributed by atoms with Crippen LogP contribution in [0.1, 0.15) is 20.8 Å². The Kier molecular flexibility index (Phi) is 2.52. The van der Waals surface area contributed by atoms with Crippen molar-refractivity contribution in [3.8, 4) is 0 Å². The summed E-state index contributed by atoms with van der Waals surface area (Å²) in [5, 5.41) is 9.94. The van der Waals surface area contributed by atoms with Gasteiger partial charge < -0.3 is 5.32 Å². The molecule has 0 aliphatic heterocycles. The van der Waals surface area contributed by atoms with E-state index in [4.69, 9.17) is 0 Å². The summed E-state index contributed by atoms with van der Waals surface area (Å²) in [6.45, 7) is 6.55. The maximum absolute atomic E-state index is 3.85. The highest BCUT2D eigenvalue weighted by molar-refractivity contribution is 5.38. The fourth-order valence-electron chi connectivity index (χ4n) is 0.759. The Balaban J connectivity index is 2.43. The second-order valence-electron chi connectivity index (χ2n) is 3.16. The standard InChI is InChI=1S/C8H15N3/c1-6(2)7(3)11-8-4-9-10-5-8/h4-7,11H,1-3H3,(H,9,10). The molecule has 0 fully saturated rings. The Morgan fingerprint density at radius 2 is 2.18 bits per heavy atom. The van der Waals surface area contributed by atoms with Crippen LogP contribution in [0.15, 0.2) is 12.4 Å². The van der Waals surface area contributed by atoms with Gasteiger partial charge in [0.1, 0.15) is 0 Å². The van der Waals surface area contributed by atoms with Crippen LogP contribution in [0.4, 0.5) is 5.69 Å². The molecule has 1 atom stereocenters. The quantitative estimate of drug-likeness (QED) is 0.696. The Bertz CT molecular complexity index is 191. The molecule has 0 saturated heterocycles. The first-order valence-electron chi connectivity index (χ1n) is 3.95. The Hall–Kier alpha value is -0.990. The molecule has 1 aromatic heterocycles. The summed E-state index contributed by atoms with van der Waals surface area (Å²) < 4.78 is 0. The number of rotatable bonds is 3. The van der Waals surface area contributed by atoms with E-state index in [1.54, 1.807) is 6.20 Å². The van der Waals surface area contributed by atoms with E-state index < -0.39 is 0 Å². The third-order valence-corrected chi connectivity index (χ3v) is 1.89. The van der Waals surface area contributed by atoms with Gasteiger partial charge in [-0.25, -0.2) is 0 Å². The zero-order valence-corrected chi connectivity index (χ0v) is 7.26. The third kappa shape index (κ3) is 2.26. The molecule has 3 heteroatoms. The molecule has 0 saturated carbocycles. The van der Waals surface area contributed by atoms with Gasteiger partial charge in [-0.3, -0.25) is 5.10 Å². The van der Waals surface area contributed by atoms with Crippen molar-refractivity contribution in [3.63, 3.8) is 0 Å². The SMILES string of the molecule is CC(C)C(C)Nc1cn[nH]c1. The summed E-state index contributed by atoms with van der Waals surface area (Å²) in [6, 6.07) is 0.493. The minimum absolute atomic E-state index is 0.493. The predicted octanol–water partition coefficient (Wildman–Crippen LogP) is 1.87. The lowest BCUT2D eigenvalue weighted by Crippen LogP contribution is -2.20. The Morgan fingerprint density at radius 3 is 2.64 bits per heavy atom. The number of hydrogen-bond acceptors (Lipinski definition) is 2. The van der Waals surface area contributed by atoms with Crippen molar-refractivity contribution >= 4 is 5.69 Å². The summed E-state index contributed by atoms with van der Waals surface area (Å²) in [6.07, 6.45) is 3.65. The lowest BCUT2D eigenvalue weighted by Gasteiger charge is -2.16. The van der Waals surface area contributed by atoms with Gasteiger partial charge >= 0.3 is 0 Å². The van der Waals surface area contributed by atoms with Gasteiger partial charge in [-0.1, -0.05) is 13.8 Å². The van der Waals surface area contributed by atoms with Gasteiger partial charge in [0.15, 0.2) is 0 Å². The number of nitrogens with zero attached hydrogens (tertiary/aromatic N) is 1. The smallest absolute Gasteiger partial charge is 0.0725 e. The predicted molar refractivity (Wildman–Crippen MR) is 46.5 cm³/mol. The molecule has 62 valence electrons. The van der Waals surface area contributed by atoms with E-state index in [0.717, 1.165) is 5.69 Å². The van der Waals surface area contributed by atoms with Crippen LogP contribution in [0.2, 0.25) is 0 Å². The molecule has 2 N–H and O–H groups in total. The number of aromatic amines is 1. The number of H-pyrrole nitrogens is 1. The van der Waals surface area contributed by atoms with E-state index in [0.29, 0.717) is 12.0 Å². The normalized spacial score (nSPS) is 13.5. The highest BCUT2D eigenvalue weighted by atomic mass is 15.1. The van der Waals surface area contributed by atoms with E-state index in [9.17, 15) is 0 Å². The molecular weight excluding hydrogens is 138 g/mol. The van der Waals surface area contributed by atoms with Crippen LogP contribution >= 0.6 is 0 Å². The van der Waals surface area contributed by atoms with Gasteiger partial charge in [-0.05, 0) is 12.8 Å². The minimum Gasteiger partial charge on any atom is -0.380 e. The highest BCUT2D eigenvalue weighted by Gasteiger charge is 2.05. The number of nitrogens with one attached hydrogen (secondary N) is 2. The van der Waals surface area contributed by atoms with Crippen LogP contribution in [0.5, 0.6) is 0 Å². The molecule has 1 aromatic rings. The summed E-state index contributed by atoms with van der Waals surface area (Å²) in [7, 11) is 0. The van der Waals surface area contributed by atoms with Crippen LogP contribution in [0, 0.1) is 5.92 Å². The zero-order valence-electron chi connectivity index (χ0n) is 7.26. The van der Waals surface area contributed by atoms with Gasteiger partial charge in [0.05, 0.1) is 11.9 Å². The molecule has 0 aromatic carbocycles. The van der Waals surface area contributed by atoms with E-state index in [2.05, 4.69) is 36.3 Å². The number of aromatic nitrogens is 2. The molecule has 3 nitrogen and oxygen atoms in total. The topological polar surface area (TPSA) is 40.7 Å². The first kappa shape index (κ1) is 8.11. The average molecular weight is 153 g/mol. The van der Waals surface area contributed by atoms with Gasteiger partial charge in [0.2, 0.25) is 0 Å². The maximum Gasteiger partial charge on any atom is 0.0725 e. The molecule has 0 bridgehead atoms. The molecular formula is C8H15N3. The van der Waals surface area contributed by atoms with Crippen molar-refractivity contribution in [1.29, 1.82) is 0 Å². The molecule has 11 heavy (non-hydrogen) atoms. The van der Waals surface area contributed by atoms with Crippen LogP contribution in [0.25, 0.3) is 0 Å². The highest BCUT2D eigenvalue weighted by Crippen LogP contribution is 2.09. The van der Waals surface area contributed by atoms with E-state index >= 15 is 0 Å². The summed E-state index contributed by atoms with van der Waals surface area (Å²) >= 11 is 0. The van der Waals surface area contributed by atoms with Crippen LogP contribution in [-0.2, 0) is 0 Å². The minimum atomic E-state index is 0.493. The van der Waals surface area contributed by atoms with Gasteiger partial charge in [0.25, 0.3) is 0 Å². The fourth-order valence-corrected chi connectivity index (χ4v) is 0.759. The molecule has 1 heterocycles. The number of hydrogen-bond donors (Lipinski definition) is 2. The largest absolute Gasteiger partial charge is 0.380 e. The number of anilines is 1. The van der Waals surface area contributed by atoms with Crippen LogP contribution in [0.3, 0.4) is 0 Å². The van der Waals surface area contributed by atoms with Crippen molar-refractivity contribution in [2.24, 2.45) is 5.92 Å². The average Bonchev–Trinajstić information content (AvgIpc) is 2.39. The van der Waals surface area contributed by atoms with Crippen molar-refractivity contribution in [2.45, 2.75) is 26.8 Å². The van der Waals surface area contributed by atoms with Crippen molar-refractivity contribution in [2.75, 3.05) is 5.32 Å². The molecule has 0 aliphatic carbocycles. The van der Waals surface area contributed by atoms with Crippen LogP contribution < -0.4 is 5.32 Å². The maximum atomic E-state index is 3.85. The molecule has 0 spiro atoms. The third-order valence-electron chi connectivity index (χ3n) is 1.89. The zero-order chi connectivity index (χ0) is 8.27. The van der Waals surface area contributed by atoms with Gasteiger partial charge in [-0.15, -0.1) is 0 Å². The monoisotopic (exact) mass is 153 g/mol. The van der Waals surface area contributed by atoms with E-state index in [1.807, 2.05) is 6.20 Å². The van der Waals surface area contributed by atoms with Crippen molar-refractivity contribution in [1.82, 2.24) is 10.2 Å². The summed E-state index contributed by atoms with van der Waals surface area (Å²) in [5.41, 5.74) is 1.06. The van der Waals surface area contributed by atoms with Crippen molar-refractivity contribution in [3.05, 3.63) is 12.4 Å². The molecule has 1 unspecified atom stereocenters. The van der Waals surface area contributed by atoms with Gasteiger partial charge in [0, 0.05) is 12.2 Å². The van der Waals surface area contributed by atoms with Crippen molar-refractivity contribution < 1.29 is 0 Å². The molecule has 0 amide bonds. The second-order valence-corrected chi connectivity index (χ2v) is 3.16. The van der Waals surface area contributed by atoms with E-state index in [-0.39, 0.29) is 0 Å². The summed E-state index contributed by atoms with van der Waals surface area (Å²) in [5.74, 6) is 0.643. The fraction of sp³-hybridized carbons (Fsp3) is 0.625. The molecule has 0 aliphatic rings. The molecule has 1 rings (SSSR count). The van der Waals surface area contributed by atoms with E-state index in [1.165, 1.54) is 0 Å². The van der Waals surface area contributed by atoms with Gasteiger partial charge in [-0.2, -0.15) is 5.10 Å². The lowest BCUT2D eigenvalue weighted by atomic mass is 10.1. The second kappa shape index (κ2) is 3.42. The van der Waals surface area contributed by atoms with Crippen LogP contribution in [-0.4, -0.2) is 16.2 Å². The Labute approximate surface area is 67.2 Å². The first-order chi connectivity index (χ1) is 5.20. The lowest BCUT2D eigenvalue weighted by molar-refractivity contribution is 0.560. The molecule has 0 radical (unpaired) electrons. The first-order valence-corrected chi connectivity index (χ1v) is 3.95. The Morgan fingerprint density at radius 1 is 1.45 bits per heavy atom. The summed E-state index contributed by atoms with van der Waals surface area (Å²) in [4.78, 5) is 0.